The normalized spacial score (nSPS) is 11.4. The Morgan fingerprint density at radius 1 is 0.947 bits per heavy atom. The van der Waals surface area contributed by atoms with Crippen molar-refractivity contribution < 1.29 is 0 Å². The number of nitrogens with zero attached hydrogens (tertiary/aromatic N) is 1. The van der Waals surface area contributed by atoms with Gasteiger partial charge in [0.15, 0.2) is 0 Å². The maximum atomic E-state index is 9.83. The summed E-state index contributed by atoms with van der Waals surface area (Å²) >= 11 is 0. The fourth-order valence-electron chi connectivity index (χ4n) is 2.32. The second-order valence-electron chi connectivity index (χ2n) is 4.52. The molecule has 19 heavy (non-hydrogen) atoms. The van der Waals surface area contributed by atoms with Gasteiger partial charge in [-0.15, -0.1) is 0 Å². The van der Waals surface area contributed by atoms with E-state index in [1.807, 2.05) is 73.7 Å². The van der Waals surface area contributed by atoms with E-state index < -0.39 is 5.41 Å². The van der Waals surface area contributed by atoms with E-state index in [4.69, 9.17) is 0 Å². The van der Waals surface area contributed by atoms with Crippen LogP contribution in [0.5, 0.6) is 0 Å². The molecule has 0 amide bonds. The van der Waals surface area contributed by atoms with Crippen molar-refractivity contribution in [2.24, 2.45) is 0 Å². The Balaban J connectivity index is 2.59. The molecule has 0 unspecified atom stereocenters. The molecular formula is C18H17N. The van der Waals surface area contributed by atoms with Gasteiger partial charge in [-0.25, -0.2) is 0 Å². The molecule has 0 saturated heterocycles. The third-order valence-corrected chi connectivity index (χ3v) is 3.38. The molecule has 0 heterocycles. The molecule has 0 aliphatic rings. The highest BCUT2D eigenvalue weighted by atomic mass is 14.4. The summed E-state index contributed by atoms with van der Waals surface area (Å²) in [6.07, 6.45) is 4.75. The van der Waals surface area contributed by atoms with E-state index in [-0.39, 0.29) is 0 Å². The van der Waals surface area contributed by atoms with E-state index in [1.165, 1.54) is 0 Å². The standard InChI is InChI=1S/C18H17N/c1-2-3-14-18(15-19,16-10-6-4-7-11-16)17-12-8-5-9-13-17/h2-13H,14H2,1H3/b3-2-. The molecule has 0 bridgehead atoms. The topological polar surface area (TPSA) is 23.8 Å². The number of nitriles is 1. The summed E-state index contributed by atoms with van der Waals surface area (Å²) in [6.45, 7) is 1.98. The monoisotopic (exact) mass is 247 g/mol. The molecule has 0 saturated carbocycles. The minimum Gasteiger partial charge on any atom is -0.197 e. The summed E-state index contributed by atoms with van der Waals surface area (Å²) in [5.74, 6) is 0. The van der Waals surface area contributed by atoms with Crippen LogP contribution >= 0.6 is 0 Å². The lowest BCUT2D eigenvalue weighted by Gasteiger charge is -2.26. The highest BCUT2D eigenvalue weighted by molar-refractivity contribution is 5.46. The first-order valence-corrected chi connectivity index (χ1v) is 6.47. The molecule has 1 nitrogen and oxygen atoms in total. The fraction of sp³-hybridized carbons (Fsp3) is 0.167. The van der Waals surface area contributed by atoms with Crippen LogP contribution < -0.4 is 0 Å². The van der Waals surface area contributed by atoms with Crippen LogP contribution in [0.4, 0.5) is 0 Å². The van der Waals surface area contributed by atoms with Crippen molar-refractivity contribution in [3.63, 3.8) is 0 Å². The smallest absolute Gasteiger partial charge is 0.111 e. The van der Waals surface area contributed by atoms with Crippen LogP contribution in [-0.2, 0) is 5.41 Å². The van der Waals surface area contributed by atoms with Gasteiger partial charge in [0.25, 0.3) is 0 Å². The second kappa shape index (κ2) is 6.02. The molecule has 0 fully saturated rings. The van der Waals surface area contributed by atoms with Gasteiger partial charge in [0.1, 0.15) is 5.41 Å². The van der Waals surface area contributed by atoms with Crippen molar-refractivity contribution in [2.45, 2.75) is 18.8 Å². The second-order valence-corrected chi connectivity index (χ2v) is 4.52. The van der Waals surface area contributed by atoms with Crippen LogP contribution in [0.3, 0.4) is 0 Å². The summed E-state index contributed by atoms with van der Waals surface area (Å²) < 4.78 is 0. The summed E-state index contributed by atoms with van der Waals surface area (Å²) in [6, 6.07) is 22.5. The van der Waals surface area contributed by atoms with Crippen LogP contribution in [0, 0.1) is 11.3 Å². The van der Waals surface area contributed by atoms with Crippen molar-refractivity contribution in [2.75, 3.05) is 0 Å². The Morgan fingerprint density at radius 3 is 1.79 bits per heavy atom. The quantitative estimate of drug-likeness (QED) is 0.732. The van der Waals surface area contributed by atoms with Gasteiger partial charge in [-0.2, -0.15) is 5.26 Å². The van der Waals surface area contributed by atoms with Crippen LogP contribution in [0.25, 0.3) is 0 Å². The Morgan fingerprint density at radius 2 is 1.42 bits per heavy atom. The molecular weight excluding hydrogens is 230 g/mol. The first-order chi connectivity index (χ1) is 9.33. The molecule has 0 aliphatic carbocycles. The lowest BCUT2D eigenvalue weighted by Crippen LogP contribution is -2.25. The van der Waals surface area contributed by atoms with Gasteiger partial charge in [0, 0.05) is 0 Å². The van der Waals surface area contributed by atoms with E-state index in [1.54, 1.807) is 0 Å². The zero-order valence-corrected chi connectivity index (χ0v) is 11.1. The lowest BCUT2D eigenvalue weighted by atomic mass is 9.73. The van der Waals surface area contributed by atoms with Gasteiger partial charge in [-0.3, -0.25) is 0 Å². The van der Waals surface area contributed by atoms with Crippen molar-refractivity contribution in [3.05, 3.63) is 83.9 Å². The van der Waals surface area contributed by atoms with Crippen LogP contribution in [0.2, 0.25) is 0 Å². The van der Waals surface area contributed by atoms with E-state index in [2.05, 4.69) is 12.1 Å². The minimum atomic E-state index is -0.602. The van der Waals surface area contributed by atoms with Gasteiger partial charge in [-0.05, 0) is 24.5 Å². The third kappa shape index (κ3) is 2.58. The van der Waals surface area contributed by atoms with Crippen LogP contribution in [0.1, 0.15) is 24.5 Å². The van der Waals surface area contributed by atoms with Gasteiger partial charge >= 0.3 is 0 Å². The average Bonchev–Trinajstić information content (AvgIpc) is 2.51. The SMILES string of the molecule is C/C=C\CC(C#N)(c1ccccc1)c1ccccc1. The molecule has 0 radical (unpaired) electrons. The largest absolute Gasteiger partial charge is 0.197 e. The maximum Gasteiger partial charge on any atom is 0.111 e. The molecule has 94 valence electrons. The zero-order chi connectivity index (χ0) is 13.6. The number of rotatable bonds is 4. The molecule has 2 rings (SSSR count). The predicted octanol–water partition coefficient (Wildman–Crippen LogP) is 4.46. The fourth-order valence-corrected chi connectivity index (χ4v) is 2.32. The average molecular weight is 247 g/mol. The molecule has 0 N–H and O–H groups in total. The van der Waals surface area contributed by atoms with E-state index in [0.29, 0.717) is 6.42 Å². The van der Waals surface area contributed by atoms with Crippen LogP contribution in [0.15, 0.2) is 72.8 Å². The van der Waals surface area contributed by atoms with Crippen LogP contribution in [-0.4, -0.2) is 0 Å². The zero-order valence-electron chi connectivity index (χ0n) is 11.1. The van der Waals surface area contributed by atoms with E-state index >= 15 is 0 Å². The lowest BCUT2D eigenvalue weighted by molar-refractivity contribution is 0.669. The minimum absolute atomic E-state index is 0.602. The third-order valence-electron chi connectivity index (χ3n) is 3.38. The van der Waals surface area contributed by atoms with E-state index in [0.717, 1.165) is 11.1 Å². The number of hydrogen-bond acceptors (Lipinski definition) is 1. The van der Waals surface area contributed by atoms with Crippen molar-refractivity contribution in [1.29, 1.82) is 5.26 Å². The Kier molecular flexibility index (Phi) is 4.15. The van der Waals surface area contributed by atoms with Gasteiger partial charge in [0.05, 0.1) is 6.07 Å². The van der Waals surface area contributed by atoms with E-state index in [9.17, 15) is 5.26 Å². The number of allylic oxidation sites excluding steroid dienone is 2. The number of hydrogen-bond donors (Lipinski definition) is 0. The van der Waals surface area contributed by atoms with Gasteiger partial charge in [-0.1, -0.05) is 72.8 Å². The van der Waals surface area contributed by atoms with Gasteiger partial charge < -0.3 is 0 Å². The Bertz CT molecular complexity index is 537. The summed E-state index contributed by atoms with van der Waals surface area (Å²) in [5.41, 5.74) is 1.48. The first kappa shape index (κ1) is 13.1. The molecule has 2 aromatic carbocycles. The molecule has 1 heteroatoms. The molecule has 0 aliphatic heterocycles. The Labute approximate surface area is 114 Å². The number of benzene rings is 2. The summed E-state index contributed by atoms with van der Waals surface area (Å²) in [4.78, 5) is 0. The molecule has 0 atom stereocenters. The van der Waals surface area contributed by atoms with Crippen molar-refractivity contribution in [1.82, 2.24) is 0 Å². The predicted molar refractivity (Wildman–Crippen MR) is 78.7 cm³/mol. The summed E-state index contributed by atoms with van der Waals surface area (Å²) in [7, 11) is 0. The summed E-state index contributed by atoms with van der Waals surface area (Å²) in [5, 5.41) is 9.83. The highest BCUT2D eigenvalue weighted by Crippen LogP contribution is 2.35. The molecule has 0 spiro atoms. The van der Waals surface area contributed by atoms with Crippen molar-refractivity contribution in [3.8, 4) is 6.07 Å². The Hall–Kier alpha value is -2.33. The first-order valence-electron chi connectivity index (χ1n) is 6.47. The molecule has 0 aromatic heterocycles. The maximum absolute atomic E-state index is 9.83. The van der Waals surface area contributed by atoms with Gasteiger partial charge in [0.2, 0.25) is 0 Å². The van der Waals surface area contributed by atoms with Crippen molar-refractivity contribution >= 4 is 0 Å². The molecule has 2 aromatic rings. The highest BCUT2D eigenvalue weighted by Gasteiger charge is 2.32.